The lowest BCUT2D eigenvalue weighted by Crippen LogP contribution is -2.52. The summed E-state index contributed by atoms with van der Waals surface area (Å²) in [4.78, 5) is 15.4. The lowest BCUT2D eigenvalue weighted by Gasteiger charge is -2.42. The molecule has 0 unspecified atom stereocenters. The van der Waals surface area contributed by atoms with Crippen molar-refractivity contribution in [1.29, 1.82) is 0 Å². The molecule has 0 radical (unpaired) electrons. The number of morpholine rings is 1. The Kier molecular flexibility index (Phi) is 4.32. The normalized spacial score (nSPS) is 24.8. The van der Waals surface area contributed by atoms with Crippen LogP contribution in [0.2, 0.25) is 0 Å². The first-order valence-corrected chi connectivity index (χ1v) is 8.90. The molecule has 2 aromatic carbocycles. The highest BCUT2D eigenvalue weighted by Crippen LogP contribution is 2.51. The Morgan fingerprint density at radius 3 is 2.32 bits per heavy atom. The second kappa shape index (κ2) is 6.62. The van der Waals surface area contributed by atoms with E-state index in [2.05, 4.69) is 0 Å². The maximum absolute atomic E-state index is 13.5. The molecule has 1 aliphatic carbocycles. The lowest BCUT2D eigenvalue weighted by molar-refractivity contribution is -0.152. The van der Waals surface area contributed by atoms with Crippen molar-refractivity contribution in [3.63, 3.8) is 0 Å². The number of amides is 1. The number of carbonyl (C=O) groups is 1. The molecular weight excluding hydrogens is 314 g/mol. The predicted octanol–water partition coefficient (Wildman–Crippen LogP) is 2.68. The van der Waals surface area contributed by atoms with Crippen molar-refractivity contribution >= 4 is 5.91 Å². The first-order chi connectivity index (χ1) is 12.3. The monoisotopic (exact) mass is 337 g/mol. The molecule has 2 atom stereocenters. The third-order valence-corrected chi connectivity index (χ3v) is 5.42. The Labute approximate surface area is 148 Å². The summed E-state index contributed by atoms with van der Waals surface area (Å²) in [5.41, 5.74) is 1.71. The van der Waals surface area contributed by atoms with Crippen LogP contribution in [0.15, 0.2) is 60.7 Å². The average molecular weight is 337 g/mol. The van der Waals surface area contributed by atoms with Crippen molar-refractivity contribution in [2.45, 2.75) is 30.4 Å². The van der Waals surface area contributed by atoms with Gasteiger partial charge in [0.1, 0.15) is 6.10 Å². The molecule has 0 aromatic heterocycles. The summed E-state index contributed by atoms with van der Waals surface area (Å²) < 4.78 is 5.77. The van der Waals surface area contributed by atoms with E-state index < -0.39 is 5.41 Å². The predicted molar refractivity (Wildman–Crippen MR) is 95.1 cm³/mol. The largest absolute Gasteiger partial charge is 0.394 e. The quantitative estimate of drug-likeness (QED) is 0.933. The van der Waals surface area contributed by atoms with Gasteiger partial charge in [0.15, 0.2) is 0 Å². The van der Waals surface area contributed by atoms with E-state index in [1.54, 1.807) is 0 Å². The van der Waals surface area contributed by atoms with E-state index in [-0.39, 0.29) is 24.7 Å². The van der Waals surface area contributed by atoms with E-state index in [1.165, 1.54) is 0 Å². The van der Waals surface area contributed by atoms with Crippen molar-refractivity contribution < 1.29 is 14.6 Å². The van der Waals surface area contributed by atoms with Gasteiger partial charge in [0.05, 0.1) is 24.7 Å². The minimum Gasteiger partial charge on any atom is -0.394 e. The molecule has 1 amide bonds. The van der Waals surface area contributed by atoms with Crippen molar-refractivity contribution in [1.82, 2.24) is 4.90 Å². The van der Waals surface area contributed by atoms with Gasteiger partial charge >= 0.3 is 0 Å². The van der Waals surface area contributed by atoms with Gasteiger partial charge in [-0.25, -0.2) is 0 Å². The molecule has 2 aliphatic rings. The Morgan fingerprint density at radius 1 is 1.08 bits per heavy atom. The van der Waals surface area contributed by atoms with Crippen LogP contribution in [0.25, 0.3) is 0 Å². The summed E-state index contributed by atoms with van der Waals surface area (Å²) >= 11 is 0. The van der Waals surface area contributed by atoms with Crippen LogP contribution in [0.5, 0.6) is 0 Å². The standard InChI is InChI=1S/C21H23NO3/c23-15-18-19(16-7-3-1-4-8-16)22(13-14-25-18)20(24)21(11-12-21)17-9-5-2-6-10-17/h1-10,18-19,23H,11-15H2/t18-,19-/m1/s1. The van der Waals surface area contributed by atoms with Crippen LogP contribution in [0.3, 0.4) is 0 Å². The molecule has 2 fully saturated rings. The van der Waals surface area contributed by atoms with Crippen LogP contribution in [-0.4, -0.2) is 41.8 Å². The fourth-order valence-electron chi connectivity index (χ4n) is 3.94. The molecule has 1 saturated heterocycles. The fraction of sp³-hybridized carbons (Fsp3) is 0.381. The Hall–Kier alpha value is -2.17. The molecule has 1 N–H and O–H groups in total. The highest BCUT2D eigenvalue weighted by molar-refractivity contribution is 5.91. The van der Waals surface area contributed by atoms with Gasteiger partial charge in [0, 0.05) is 6.54 Å². The minimum absolute atomic E-state index is 0.0956. The van der Waals surface area contributed by atoms with Crippen molar-refractivity contribution in [2.75, 3.05) is 19.8 Å². The van der Waals surface area contributed by atoms with Crippen LogP contribution >= 0.6 is 0 Å². The molecule has 0 bridgehead atoms. The Morgan fingerprint density at radius 2 is 1.72 bits per heavy atom. The van der Waals surface area contributed by atoms with Crippen molar-refractivity contribution in [3.8, 4) is 0 Å². The topological polar surface area (TPSA) is 49.8 Å². The van der Waals surface area contributed by atoms with E-state index in [0.29, 0.717) is 13.2 Å². The summed E-state index contributed by atoms with van der Waals surface area (Å²) in [6, 6.07) is 19.7. The molecule has 130 valence electrons. The number of carbonyl (C=O) groups excluding carboxylic acids is 1. The number of aliphatic hydroxyl groups is 1. The average Bonchev–Trinajstić information content (AvgIpc) is 3.50. The number of benzene rings is 2. The maximum atomic E-state index is 13.5. The molecule has 1 aliphatic heterocycles. The number of nitrogens with zero attached hydrogens (tertiary/aromatic N) is 1. The highest BCUT2D eigenvalue weighted by Gasteiger charge is 2.55. The zero-order chi connectivity index (χ0) is 17.3. The molecule has 1 saturated carbocycles. The van der Waals surface area contributed by atoms with Crippen molar-refractivity contribution in [3.05, 3.63) is 71.8 Å². The van der Waals surface area contributed by atoms with Gasteiger partial charge in [-0.15, -0.1) is 0 Å². The van der Waals surface area contributed by atoms with Crippen LogP contribution < -0.4 is 0 Å². The second-order valence-corrected chi connectivity index (χ2v) is 6.89. The van der Waals surface area contributed by atoms with Crippen molar-refractivity contribution in [2.24, 2.45) is 0 Å². The van der Waals surface area contributed by atoms with Crippen LogP contribution in [0, 0.1) is 0 Å². The molecule has 2 aromatic rings. The smallest absolute Gasteiger partial charge is 0.233 e. The van der Waals surface area contributed by atoms with Gasteiger partial charge in [-0.1, -0.05) is 60.7 Å². The molecular formula is C21H23NO3. The van der Waals surface area contributed by atoms with Gasteiger partial charge < -0.3 is 14.7 Å². The number of hydrogen-bond acceptors (Lipinski definition) is 3. The van der Waals surface area contributed by atoms with Crippen LogP contribution in [0.1, 0.15) is 30.0 Å². The maximum Gasteiger partial charge on any atom is 0.233 e. The summed E-state index contributed by atoms with van der Waals surface area (Å²) in [6.07, 6.45) is 1.39. The second-order valence-electron chi connectivity index (χ2n) is 6.89. The third-order valence-electron chi connectivity index (χ3n) is 5.42. The number of ether oxygens (including phenoxy) is 1. The number of aliphatic hydroxyl groups excluding tert-OH is 1. The number of hydrogen-bond donors (Lipinski definition) is 1. The fourth-order valence-corrected chi connectivity index (χ4v) is 3.94. The van der Waals surface area contributed by atoms with E-state index in [9.17, 15) is 9.90 Å². The van der Waals surface area contributed by atoms with Crippen LogP contribution in [-0.2, 0) is 14.9 Å². The van der Waals surface area contributed by atoms with Gasteiger partial charge in [0.2, 0.25) is 5.91 Å². The molecule has 4 heteroatoms. The summed E-state index contributed by atoms with van der Waals surface area (Å²) in [5, 5.41) is 9.79. The Bertz CT molecular complexity index is 727. The SMILES string of the molecule is O=C(N1CCO[C@H](CO)[C@H]1c1ccccc1)C1(c2ccccc2)CC1. The molecule has 0 spiro atoms. The van der Waals surface area contributed by atoms with E-state index in [0.717, 1.165) is 24.0 Å². The molecule has 1 heterocycles. The third kappa shape index (κ3) is 2.86. The minimum atomic E-state index is -0.397. The first-order valence-electron chi connectivity index (χ1n) is 8.90. The van der Waals surface area contributed by atoms with Gasteiger partial charge in [0.25, 0.3) is 0 Å². The van der Waals surface area contributed by atoms with Gasteiger partial charge in [-0.3, -0.25) is 4.79 Å². The van der Waals surface area contributed by atoms with E-state index in [4.69, 9.17) is 4.74 Å². The van der Waals surface area contributed by atoms with Crippen LogP contribution in [0.4, 0.5) is 0 Å². The van der Waals surface area contributed by atoms with Gasteiger partial charge in [-0.05, 0) is 24.0 Å². The zero-order valence-electron chi connectivity index (χ0n) is 14.2. The van der Waals surface area contributed by atoms with E-state index in [1.807, 2.05) is 65.6 Å². The molecule has 4 rings (SSSR count). The highest BCUT2D eigenvalue weighted by atomic mass is 16.5. The summed E-state index contributed by atoms with van der Waals surface area (Å²) in [6.45, 7) is 0.927. The van der Waals surface area contributed by atoms with Gasteiger partial charge in [-0.2, -0.15) is 0 Å². The zero-order valence-corrected chi connectivity index (χ0v) is 14.2. The number of rotatable bonds is 4. The summed E-state index contributed by atoms with van der Waals surface area (Å²) in [7, 11) is 0. The molecule has 25 heavy (non-hydrogen) atoms. The lowest BCUT2D eigenvalue weighted by atomic mass is 9.91. The first kappa shape index (κ1) is 16.3. The summed E-state index contributed by atoms with van der Waals surface area (Å²) in [5.74, 6) is 0.161. The molecule has 4 nitrogen and oxygen atoms in total. The van der Waals surface area contributed by atoms with E-state index >= 15 is 0 Å². The Balaban J connectivity index is 1.68.